The maximum atomic E-state index is 12.9. The van der Waals surface area contributed by atoms with Crippen molar-refractivity contribution in [2.24, 2.45) is 4.99 Å². The zero-order valence-electron chi connectivity index (χ0n) is 15.0. The highest BCUT2D eigenvalue weighted by Gasteiger charge is 2.13. The quantitative estimate of drug-likeness (QED) is 0.518. The third-order valence-electron chi connectivity index (χ3n) is 4.19. The Kier molecular flexibility index (Phi) is 4.91. The molecule has 28 heavy (non-hydrogen) atoms. The number of hydrogen-bond donors (Lipinski definition) is 1. The van der Waals surface area contributed by atoms with E-state index in [0.29, 0.717) is 27.7 Å². The molecule has 0 saturated carbocycles. The van der Waals surface area contributed by atoms with E-state index < -0.39 is 0 Å². The maximum absolute atomic E-state index is 12.9. The summed E-state index contributed by atoms with van der Waals surface area (Å²) in [5, 5.41) is 4.17. The molecule has 0 aliphatic heterocycles. The van der Waals surface area contributed by atoms with Crippen LogP contribution < -0.4 is 10.9 Å². The summed E-state index contributed by atoms with van der Waals surface area (Å²) in [6, 6.07) is 19.9. The molecule has 0 atom stereocenters. The van der Waals surface area contributed by atoms with Crippen molar-refractivity contribution in [2.45, 2.75) is 6.92 Å². The van der Waals surface area contributed by atoms with Gasteiger partial charge in [-0.3, -0.25) is 4.79 Å². The van der Waals surface area contributed by atoms with Gasteiger partial charge in [-0.2, -0.15) is 0 Å². The molecule has 0 spiro atoms. The Labute approximate surface area is 166 Å². The molecular formula is C22H16ClN3O2. The Hall–Kier alpha value is -3.44. The average Bonchev–Trinajstić information content (AvgIpc) is 2.71. The summed E-state index contributed by atoms with van der Waals surface area (Å²) in [4.78, 5) is 21.5. The predicted octanol–water partition coefficient (Wildman–Crippen LogP) is 5.27. The lowest BCUT2D eigenvalue weighted by Crippen LogP contribution is -2.22. The molecule has 2 heterocycles. The van der Waals surface area contributed by atoms with Crippen LogP contribution in [0.4, 0.5) is 11.5 Å². The van der Waals surface area contributed by atoms with Crippen LogP contribution in [0.25, 0.3) is 11.0 Å². The van der Waals surface area contributed by atoms with Gasteiger partial charge in [0.05, 0.1) is 5.69 Å². The number of aromatic nitrogens is 1. The first-order valence-corrected chi connectivity index (χ1v) is 9.04. The van der Waals surface area contributed by atoms with Crippen LogP contribution in [0.15, 0.2) is 82.3 Å². The lowest BCUT2D eigenvalue weighted by atomic mass is 10.1. The highest BCUT2D eigenvalue weighted by molar-refractivity contribution is 6.31. The van der Waals surface area contributed by atoms with Gasteiger partial charge in [0.1, 0.15) is 17.0 Å². The normalized spacial score (nSPS) is 11.6. The average molecular weight is 390 g/mol. The summed E-state index contributed by atoms with van der Waals surface area (Å²) < 4.78 is 5.93. The van der Waals surface area contributed by atoms with Crippen molar-refractivity contribution < 1.29 is 9.21 Å². The molecule has 0 unspecified atom stereocenters. The number of fused-ring (bicyclic) bond motifs is 1. The highest BCUT2D eigenvalue weighted by atomic mass is 35.5. The van der Waals surface area contributed by atoms with E-state index >= 15 is 0 Å². The molecule has 0 aliphatic carbocycles. The van der Waals surface area contributed by atoms with Gasteiger partial charge in [0.2, 0.25) is 5.55 Å². The number of nitrogens with one attached hydrogen (secondary N) is 1. The van der Waals surface area contributed by atoms with Gasteiger partial charge < -0.3 is 9.73 Å². The van der Waals surface area contributed by atoms with E-state index in [9.17, 15) is 4.79 Å². The lowest BCUT2D eigenvalue weighted by molar-refractivity contribution is 0.102. The van der Waals surface area contributed by atoms with Crippen molar-refractivity contribution in [1.29, 1.82) is 0 Å². The number of amides is 1. The number of pyridine rings is 1. The lowest BCUT2D eigenvalue weighted by Gasteiger charge is -2.06. The first-order valence-electron chi connectivity index (χ1n) is 8.66. The molecule has 0 aliphatic rings. The molecule has 6 heteroatoms. The smallest absolute Gasteiger partial charge is 0.262 e. The van der Waals surface area contributed by atoms with Gasteiger partial charge in [-0.25, -0.2) is 9.98 Å². The van der Waals surface area contributed by atoms with Crippen LogP contribution in [0.3, 0.4) is 0 Å². The largest absolute Gasteiger partial charge is 0.438 e. The van der Waals surface area contributed by atoms with Crippen LogP contribution in [0.5, 0.6) is 0 Å². The van der Waals surface area contributed by atoms with Crippen LogP contribution in [-0.4, -0.2) is 10.9 Å². The van der Waals surface area contributed by atoms with Crippen molar-refractivity contribution in [3.63, 3.8) is 0 Å². The number of aryl methyl sites for hydroxylation is 1. The number of anilines is 1. The molecule has 138 valence electrons. The number of hydrogen-bond acceptors (Lipinski definition) is 4. The third-order valence-corrected chi connectivity index (χ3v) is 4.60. The summed E-state index contributed by atoms with van der Waals surface area (Å²) in [7, 11) is 0. The molecule has 4 aromatic rings. The van der Waals surface area contributed by atoms with Gasteiger partial charge in [-0.15, -0.1) is 0 Å². The van der Waals surface area contributed by atoms with E-state index in [-0.39, 0.29) is 11.5 Å². The van der Waals surface area contributed by atoms with Crippen molar-refractivity contribution in [1.82, 2.24) is 4.98 Å². The molecule has 0 fully saturated rings. The zero-order valence-corrected chi connectivity index (χ0v) is 15.8. The topological polar surface area (TPSA) is 67.5 Å². The second kappa shape index (κ2) is 7.66. The Morgan fingerprint density at radius 3 is 2.68 bits per heavy atom. The first-order chi connectivity index (χ1) is 13.6. The molecule has 0 radical (unpaired) electrons. The Morgan fingerprint density at radius 1 is 1.07 bits per heavy atom. The van der Waals surface area contributed by atoms with Gasteiger partial charge >= 0.3 is 0 Å². The highest BCUT2D eigenvalue weighted by Crippen LogP contribution is 2.22. The van der Waals surface area contributed by atoms with E-state index in [1.165, 1.54) is 0 Å². The minimum Gasteiger partial charge on any atom is -0.438 e. The van der Waals surface area contributed by atoms with Crippen molar-refractivity contribution in [2.75, 3.05) is 5.32 Å². The molecule has 0 saturated heterocycles. The van der Waals surface area contributed by atoms with Crippen LogP contribution in [-0.2, 0) is 0 Å². The Bertz CT molecular complexity index is 1230. The van der Waals surface area contributed by atoms with Crippen molar-refractivity contribution >= 4 is 40.0 Å². The monoisotopic (exact) mass is 389 g/mol. The maximum Gasteiger partial charge on any atom is 0.262 e. The molecule has 4 rings (SSSR count). The Morgan fingerprint density at radius 2 is 1.89 bits per heavy atom. The third kappa shape index (κ3) is 3.80. The number of nitrogens with zero attached hydrogens (tertiary/aromatic N) is 2. The van der Waals surface area contributed by atoms with E-state index in [0.717, 1.165) is 10.9 Å². The van der Waals surface area contributed by atoms with Crippen molar-refractivity contribution in [3.8, 4) is 0 Å². The molecule has 2 aromatic heterocycles. The molecule has 2 aromatic carbocycles. The fourth-order valence-corrected chi connectivity index (χ4v) is 2.88. The standard InChI is InChI=1S/C22H16ClN3O2/c1-14-9-10-16(13-18(14)23)25-22-17(12-15-6-2-3-7-19(15)28-22)21(27)26-20-8-4-5-11-24-20/h2-13H,1H3,(H,24,26,27). The summed E-state index contributed by atoms with van der Waals surface area (Å²) in [6.07, 6.45) is 1.61. The number of benzene rings is 2. The minimum atomic E-state index is -0.356. The summed E-state index contributed by atoms with van der Waals surface area (Å²) >= 11 is 6.21. The van der Waals surface area contributed by atoms with E-state index in [4.69, 9.17) is 16.0 Å². The molecule has 1 N–H and O–H groups in total. The van der Waals surface area contributed by atoms with Crippen LogP contribution in [0.2, 0.25) is 5.02 Å². The van der Waals surface area contributed by atoms with Gasteiger partial charge in [0, 0.05) is 16.6 Å². The minimum absolute atomic E-state index is 0.201. The summed E-state index contributed by atoms with van der Waals surface area (Å²) in [6.45, 7) is 1.91. The number of para-hydroxylation sites is 1. The van der Waals surface area contributed by atoms with Gasteiger partial charge in [-0.1, -0.05) is 41.9 Å². The molecule has 0 bridgehead atoms. The SMILES string of the molecule is Cc1ccc(N=c2oc3ccccc3cc2C(=O)Nc2ccccn2)cc1Cl. The fraction of sp³-hybridized carbons (Fsp3) is 0.0455. The van der Waals surface area contributed by atoms with Crippen LogP contribution in [0, 0.1) is 6.92 Å². The second-order valence-corrected chi connectivity index (χ2v) is 6.62. The van der Waals surface area contributed by atoms with E-state index in [2.05, 4.69) is 15.3 Å². The second-order valence-electron chi connectivity index (χ2n) is 6.22. The van der Waals surface area contributed by atoms with E-state index in [1.54, 1.807) is 36.5 Å². The molecular weight excluding hydrogens is 374 g/mol. The van der Waals surface area contributed by atoms with Gasteiger partial charge in [0.25, 0.3) is 5.91 Å². The first kappa shape index (κ1) is 17.9. The molecule has 5 nitrogen and oxygen atoms in total. The fourth-order valence-electron chi connectivity index (χ4n) is 2.70. The number of rotatable bonds is 3. The number of carbonyl (C=O) groups excluding carboxylic acids is 1. The predicted molar refractivity (Wildman–Crippen MR) is 110 cm³/mol. The Balaban J connectivity index is 1.85. The molecule has 1 amide bonds. The van der Waals surface area contributed by atoms with Gasteiger partial charge in [-0.05, 0) is 48.9 Å². The van der Waals surface area contributed by atoms with Crippen LogP contribution in [0.1, 0.15) is 15.9 Å². The number of halogens is 1. The van der Waals surface area contributed by atoms with Gasteiger partial charge in [0.15, 0.2) is 0 Å². The summed E-state index contributed by atoms with van der Waals surface area (Å²) in [5.74, 6) is 0.0927. The van der Waals surface area contributed by atoms with E-state index in [1.807, 2.05) is 43.3 Å². The van der Waals surface area contributed by atoms with Crippen LogP contribution >= 0.6 is 11.6 Å². The number of carbonyl (C=O) groups is 1. The van der Waals surface area contributed by atoms with Crippen molar-refractivity contribution in [3.05, 3.63) is 94.6 Å². The summed E-state index contributed by atoms with van der Waals surface area (Å²) in [5.41, 5.74) is 2.69. The zero-order chi connectivity index (χ0) is 19.5.